The molecule has 1 aliphatic rings. The Labute approximate surface area is 182 Å². The number of esters is 1. The number of hydrogen-bond donors (Lipinski definition) is 0. The molecule has 2 unspecified atom stereocenters. The van der Waals surface area contributed by atoms with Crippen molar-refractivity contribution in [3.05, 3.63) is 46.7 Å². The first kappa shape index (κ1) is 23.9. The quantitative estimate of drug-likeness (QED) is 0.514. The van der Waals surface area contributed by atoms with Gasteiger partial charge in [0.1, 0.15) is 5.60 Å². The van der Waals surface area contributed by atoms with E-state index in [1.165, 1.54) is 0 Å². The lowest BCUT2D eigenvalue weighted by molar-refractivity contribution is -0.150. The first-order chi connectivity index (χ1) is 13.9. The van der Waals surface area contributed by atoms with Crippen molar-refractivity contribution < 1.29 is 9.53 Å². The van der Waals surface area contributed by atoms with Gasteiger partial charge in [-0.3, -0.25) is 4.99 Å². The van der Waals surface area contributed by atoms with E-state index in [-0.39, 0.29) is 11.9 Å². The van der Waals surface area contributed by atoms with Crippen molar-refractivity contribution >= 4 is 11.7 Å². The number of rotatable bonds is 6. The Bertz CT molecular complexity index is 862. The predicted octanol–water partition coefficient (Wildman–Crippen LogP) is 6.36. The summed E-state index contributed by atoms with van der Waals surface area (Å²) in [6.45, 7) is 16.1. The first-order valence-electron chi connectivity index (χ1n) is 10.9. The Morgan fingerprint density at radius 2 is 1.67 bits per heavy atom. The minimum atomic E-state index is -0.616. The highest BCUT2D eigenvalue weighted by atomic mass is 16.6. The molecule has 0 saturated carbocycles. The molecule has 0 spiro atoms. The molecule has 162 valence electrons. The van der Waals surface area contributed by atoms with E-state index < -0.39 is 11.5 Å². The standard InChI is InChI=1S/C26H36N2O2/c1-16(2)13-21-20(15-27)23(19-11-9-18(5)10-12-19)24(22(28-21)14-17(3)4)25(29)30-26(6,7)8/h9-12,16-17,20,23H,13-14H2,1-8H3. The minimum absolute atomic E-state index is 0.332. The Hall–Kier alpha value is -2.41. The highest BCUT2D eigenvalue weighted by Gasteiger charge is 2.41. The summed E-state index contributed by atoms with van der Waals surface area (Å²) >= 11 is 0. The van der Waals surface area contributed by atoms with Crippen LogP contribution in [0.1, 0.15) is 78.4 Å². The van der Waals surface area contributed by atoms with Crippen molar-refractivity contribution in [3.8, 4) is 6.07 Å². The van der Waals surface area contributed by atoms with Gasteiger partial charge >= 0.3 is 5.97 Å². The van der Waals surface area contributed by atoms with Gasteiger partial charge in [-0.1, -0.05) is 57.5 Å². The lowest BCUT2D eigenvalue weighted by Crippen LogP contribution is -2.34. The zero-order valence-corrected chi connectivity index (χ0v) is 19.7. The maximum Gasteiger partial charge on any atom is 0.337 e. The Balaban J connectivity index is 2.74. The highest BCUT2D eigenvalue weighted by molar-refractivity contribution is 5.99. The van der Waals surface area contributed by atoms with Crippen molar-refractivity contribution in [1.29, 1.82) is 5.26 Å². The van der Waals surface area contributed by atoms with Gasteiger partial charge in [0.25, 0.3) is 0 Å². The summed E-state index contributed by atoms with van der Waals surface area (Å²) in [6.07, 6.45) is 1.42. The molecule has 1 aromatic carbocycles. The summed E-state index contributed by atoms with van der Waals surface area (Å²) in [5.74, 6) is -0.504. The van der Waals surface area contributed by atoms with E-state index in [0.717, 1.165) is 29.0 Å². The number of ether oxygens (including phenoxy) is 1. The molecule has 2 atom stereocenters. The Morgan fingerprint density at radius 3 is 2.13 bits per heavy atom. The van der Waals surface area contributed by atoms with Crippen LogP contribution in [-0.2, 0) is 9.53 Å². The van der Waals surface area contributed by atoms with Crippen LogP contribution in [0.5, 0.6) is 0 Å². The number of aliphatic imine (C=N–C) groups is 1. The van der Waals surface area contributed by atoms with Crippen molar-refractivity contribution in [2.75, 3.05) is 0 Å². The normalized spacial score (nSPS) is 19.7. The van der Waals surface area contributed by atoms with E-state index in [4.69, 9.17) is 9.73 Å². The fourth-order valence-corrected chi connectivity index (χ4v) is 3.83. The molecule has 1 heterocycles. The molecule has 30 heavy (non-hydrogen) atoms. The van der Waals surface area contributed by atoms with Crippen LogP contribution >= 0.6 is 0 Å². The van der Waals surface area contributed by atoms with Crippen LogP contribution in [0.25, 0.3) is 0 Å². The van der Waals surface area contributed by atoms with Gasteiger partial charge in [-0.25, -0.2) is 4.79 Å². The van der Waals surface area contributed by atoms with Gasteiger partial charge in [-0.2, -0.15) is 5.26 Å². The number of allylic oxidation sites excluding steroid dienone is 1. The largest absolute Gasteiger partial charge is 0.457 e. The van der Waals surface area contributed by atoms with E-state index >= 15 is 0 Å². The minimum Gasteiger partial charge on any atom is -0.457 e. The van der Waals surface area contributed by atoms with E-state index in [1.54, 1.807) is 0 Å². The summed E-state index contributed by atoms with van der Waals surface area (Å²) in [5.41, 5.74) is 3.68. The van der Waals surface area contributed by atoms with Crippen LogP contribution in [-0.4, -0.2) is 17.3 Å². The zero-order valence-electron chi connectivity index (χ0n) is 19.7. The van der Waals surface area contributed by atoms with Crippen LogP contribution in [0.2, 0.25) is 0 Å². The van der Waals surface area contributed by atoms with Gasteiger partial charge < -0.3 is 4.74 Å². The average molecular weight is 409 g/mol. The second-order valence-electron chi connectivity index (χ2n) is 10.2. The monoisotopic (exact) mass is 408 g/mol. The molecule has 0 bridgehead atoms. The molecular weight excluding hydrogens is 372 g/mol. The molecule has 0 amide bonds. The summed E-state index contributed by atoms with van der Waals surface area (Å²) in [6, 6.07) is 10.6. The molecule has 4 heteroatoms. The highest BCUT2D eigenvalue weighted by Crippen LogP contribution is 2.42. The first-order valence-corrected chi connectivity index (χ1v) is 10.9. The van der Waals surface area contributed by atoms with Gasteiger partial charge in [0.2, 0.25) is 0 Å². The van der Waals surface area contributed by atoms with Gasteiger partial charge in [-0.15, -0.1) is 0 Å². The van der Waals surface area contributed by atoms with Gasteiger partial charge in [0.05, 0.1) is 23.3 Å². The van der Waals surface area contributed by atoms with Crippen LogP contribution in [0, 0.1) is 36.0 Å². The molecule has 0 saturated heterocycles. The smallest absolute Gasteiger partial charge is 0.337 e. The summed E-state index contributed by atoms with van der Waals surface area (Å²) < 4.78 is 5.80. The zero-order chi connectivity index (χ0) is 22.6. The van der Waals surface area contributed by atoms with Crippen LogP contribution in [0.3, 0.4) is 0 Å². The lowest BCUT2D eigenvalue weighted by Gasteiger charge is -2.33. The third-order valence-corrected chi connectivity index (χ3v) is 5.01. The number of aryl methyl sites for hydroxylation is 1. The number of carbonyl (C=O) groups is 1. The maximum atomic E-state index is 13.4. The molecule has 0 aliphatic carbocycles. The van der Waals surface area contributed by atoms with Gasteiger partial charge in [0.15, 0.2) is 0 Å². The molecular formula is C26H36N2O2. The topological polar surface area (TPSA) is 62.4 Å². The van der Waals surface area contributed by atoms with Crippen molar-refractivity contribution in [2.45, 2.75) is 79.8 Å². The fourth-order valence-electron chi connectivity index (χ4n) is 3.83. The Morgan fingerprint density at radius 1 is 1.10 bits per heavy atom. The average Bonchev–Trinajstić information content (AvgIpc) is 2.59. The van der Waals surface area contributed by atoms with Gasteiger partial charge in [-0.05, 0) is 57.9 Å². The summed E-state index contributed by atoms with van der Waals surface area (Å²) in [4.78, 5) is 18.3. The summed E-state index contributed by atoms with van der Waals surface area (Å²) in [5, 5.41) is 10.2. The fraction of sp³-hybridized carbons (Fsp3) is 0.577. The number of nitrogens with zero attached hydrogens (tertiary/aromatic N) is 2. The molecule has 0 aromatic heterocycles. The van der Waals surface area contributed by atoms with Crippen LogP contribution < -0.4 is 0 Å². The molecule has 1 aromatic rings. The lowest BCUT2D eigenvalue weighted by atomic mass is 9.73. The SMILES string of the molecule is Cc1ccc(C2C(C(=O)OC(C)(C)C)=C(CC(C)C)N=C(CC(C)C)C2C#N)cc1. The molecule has 0 radical (unpaired) electrons. The van der Waals surface area contributed by atoms with E-state index in [9.17, 15) is 10.1 Å². The van der Waals surface area contributed by atoms with Crippen LogP contribution in [0.15, 0.2) is 40.5 Å². The molecule has 4 nitrogen and oxygen atoms in total. The van der Waals surface area contributed by atoms with Gasteiger partial charge in [0, 0.05) is 11.6 Å². The van der Waals surface area contributed by atoms with E-state index in [0.29, 0.717) is 23.8 Å². The molecule has 1 aliphatic heterocycles. The second-order valence-corrected chi connectivity index (χ2v) is 10.2. The number of carbonyl (C=O) groups excluding carboxylic acids is 1. The van der Waals surface area contributed by atoms with Crippen LogP contribution in [0.4, 0.5) is 0 Å². The Kier molecular flexibility index (Phi) is 7.64. The molecule has 0 N–H and O–H groups in total. The number of benzene rings is 1. The number of hydrogen-bond acceptors (Lipinski definition) is 4. The van der Waals surface area contributed by atoms with Crippen molar-refractivity contribution in [1.82, 2.24) is 0 Å². The third-order valence-electron chi connectivity index (χ3n) is 5.01. The summed E-state index contributed by atoms with van der Waals surface area (Å²) in [7, 11) is 0. The van der Waals surface area contributed by atoms with Crippen molar-refractivity contribution in [2.24, 2.45) is 22.7 Å². The molecule has 2 rings (SSSR count). The van der Waals surface area contributed by atoms with Crippen molar-refractivity contribution in [3.63, 3.8) is 0 Å². The predicted molar refractivity (Wildman–Crippen MR) is 122 cm³/mol. The second kappa shape index (κ2) is 9.60. The number of nitriles is 1. The van der Waals surface area contributed by atoms with E-state index in [1.807, 2.05) is 52.0 Å². The maximum absolute atomic E-state index is 13.4. The molecule has 0 fully saturated rings. The third kappa shape index (κ3) is 6.05. The van der Waals surface area contributed by atoms with E-state index in [2.05, 4.69) is 33.8 Å².